The van der Waals surface area contributed by atoms with Crippen molar-refractivity contribution in [2.24, 2.45) is 7.05 Å². The maximum Gasteiger partial charge on any atom is 0.327 e. The van der Waals surface area contributed by atoms with Gasteiger partial charge in [0.2, 0.25) is 5.82 Å². The summed E-state index contributed by atoms with van der Waals surface area (Å²) in [5.41, 5.74) is 3.55. The molecule has 170 valence electrons. The third-order valence-corrected chi connectivity index (χ3v) is 5.29. The lowest BCUT2D eigenvalue weighted by Gasteiger charge is -2.08. The Morgan fingerprint density at radius 1 is 1.18 bits per heavy atom. The molecule has 0 unspecified atom stereocenters. The van der Waals surface area contributed by atoms with Crippen LogP contribution in [-0.4, -0.2) is 51.2 Å². The average Bonchev–Trinajstić information content (AvgIpc) is 3.56. The molecule has 5 heterocycles. The van der Waals surface area contributed by atoms with Crippen molar-refractivity contribution in [2.45, 2.75) is 33.4 Å². The minimum atomic E-state index is 0.208. The van der Waals surface area contributed by atoms with Crippen LogP contribution in [-0.2, 0) is 18.4 Å². The van der Waals surface area contributed by atoms with Crippen LogP contribution >= 0.6 is 0 Å². The number of methoxy groups -OCH3 is 1. The van der Waals surface area contributed by atoms with Crippen molar-refractivity contribution in [2.75, 3.05) is 12.4 Å². The smallest absolute Gasteiger partial charge is 0.327 e. The standard InChI is InChI=1S/C21H24N10O2/c1-12(2)30-8-6-15(26-30)14-10-31-17(13(14)3)18(25-21-23-16(11-32-5)28-33-21)24-19(27-31)20-22-7-9-29(20)4/h6-10,12H,11H2,1-5H3,(H,23,24,25,27,28). The molecule has 0 saturated heterocycles. The van der Waals surface area contributed by atoms with Gasteiger partial charge in [0.1, 0.15) is 12.1 Å². The second kappa shape index (κ2) is 8.13. The number of imidazole rings is 1. The summed E-state index contributed by atoms with van der Waals surface area (Å²) in [7, 11) is 3.46. The van der Waals surface area contributed by atoms with Gasteiger partial charge in [-0.3, -0.25) is 10.00 Å². The molecule has 0 amide bonds. The average molecular weight is 448 g/mol. The summed E-state index contributed by atoms with van der Waals surface area (Å²) < 4.78 is 16.0. The van der Waals surface area contributed by atoms with Crippen LogP contribution in [0.1, 0.15) is 31.3 Å². The van der Waals surface area contributed by atoms with E-state index in [2.05, 4.69) is 34.3 Å². The number of nitrogens with zero attached hydrogens (tertiary/aromatic N) is 9. The monoisotopic (exact) mass is 448 g/mol. The molecular formula is C21H24N10O2. The molecule has 0 aliphatic carbocycles. The van der Waals surface area contributed by atoms with E-state index in [1.165, 1.54) is 0 Å². The fourth-order valence-corrected chi connectivity index (χ4v) is 3.62. The van der Waals surface area contributed by atoms with Gasteiger partial charge in [-0.25, -0.2) is 14.5 Å². The van der Waals surface area contributed by atoms with Crippen molar-refractivity contribution in [1.82, 2.24) is 44.1 Å². The summed E-state index contributed by atoms with van der Waals surface area (Å²) in [5.74, 6) is 2.02. The van der Waals surface area contributed by atoms with Gasteiger partial charge in [-0.2, -0.15) is 10.1 Å². The molecule has 0 aliphatic rings. The lowest BCUT2D eigenvalue weighted by Crippen LogP contribution is -2.06. The van der Waals surface area contributed by atoms with E-state index in [0.717, 1.165) is 22.3 Å². The highest BCUT2D eigenvalue weighted by molar-refractivity contribution is 5.83. The number of hydrogen-bond acceptors (Lipinski definition) is 9. The highest BCUT2D eigenvalue weighted by Gasteiger charge is 2.21. The number of aromatic nitrogens is 9. The molecule has 1 N–H and O–H groups in total. The zero-order valence-corrected chi connectivity index (χ0v) is 19.0. The Labute approximate surface area is 189 Å². The van der Waals surface area contributed by atoms with E-state index >= 15 is 0 Å². The van der Waals surface area contributed by atoms with Crippen molar-refractivity contribution < 1.29 is 9.26 Å². The second-order valence-corrected chi connectivity index (χ2v) is 7.96. The van der Waals surface area contributed by atoms with Gasteiger partial charge in [0.25, 0.3) is 0 Å². The molecule has 5 aromatic rings. The third kappa shape index (κ3) is 3.74. The van der Waals surface area contributed by atoms with Gasteiger partial charge in [-0.1, -0.05) is 5.16 Å². The van der Waals surface area contributed by atoms with Gasteiger partial charge >= 0.3 is 6.01 Å². The Morgan fingerprint density at radius 3 is 2.73 bits per heavy atom. The molecule has 0 fully saturated rings. The predicted molar refractivity (Wildman–Crippen MR) is 120 cm³/mol. The number of hydrogen-bond donors (Lipinski definition) is 1. The third-order valence-electron chi connectivity index (χ3n) is 5.29. The molecule has 0 atom stereocenters. The summed E-state index contributed by atoms with van der Waals surface area (Å²) in [6.45, 7) is 6.44. The molecule has 0 aliphatic heterocycles. The fourth-order valence-electron chi connectivity index (χ4n) is 3.62. The van der Waals surface area contributed by atoms with Crippen LogP contribution in [0.5, 0.6) is 0 Å². The summed E-state index contributed by atoms with van der Waals surface area (Å²) in [5, 5.41) is 16.5. The molecule has 0 aromatic carbocycles. The molecule has 12 heteroatoms. The predicted octanol–water partition coefficient (Wildman–Crippen LogP) is 3.16. The normalized spacial score (nSPS) is 11.7. The van der Waals surface area contributed by atoms with Crippen LogP contribution < -0.4 is 5.32 Å². The Balaban J connectivity index is 1.66. The van der Waals surface area contributed by atoms with E-state index in [0.29, 0.717) is 23.3 Å². The zero-order valence-electron chi connectivity index (χ0n) is 19.0. The van der Waals surface area contributed by atoms with Crippen LogP contribution in [0.25, 0.3) is 28.4 Å². The summed E-state index contributed by atoms with van der Waals surface area (Å²) in [4.78, 5) is 13.4. The first-order valence-corrected chi connectivity index (χ1v) is 10.5. The molecule has 33 heavy (non-hydrogen) atoms. The largest absolute Gasteiger partial charge is 0.377 e. The molecule has 0 bridgehead atoms. The number of aryl methyl sites for hydroxylation is 2. The van der Waals surface area contributed by atoms with Gasteiger partial charge in [0, 0.05) is 50.6 Å². The Morgan fingerprint density at radius 2 is 2.03 bits per heavy atom. The topological polar surface area (TPSA) is 126 Å². The van der Waals surface area contributed by atoms with E-state index in [4.69, 9.17) is 24.4 Å². The molecule has 5 aromatic heterocycles. The number of rotatable bonds is 7. The maximum absolute atomic E-state index is 5.33. The van der Waals surface area contributed by atoms with E-state index in [1.807, 2.05) is 47.9 Å². The quantitative estimate of drug-likeness (QED) is 0.399. The number of nitrogens with one attached hydrogen (secondary N) is 1. The molecule has 0 saturated carbocycles. The van der Waals surface area contributed by atoms with Crippen molar-refractivity contribution in [3.63, 3.8) is 0 Å². The van der Waals surface area contributed by atoms with Crippen molar-refractivity contribution >= 4 is 17.3 Å². The van der Waals surface area contributed by atoms with Crippen LogP contribution in [0.3, 0.4) is 0 Å². The Hall–Kier alpha value is -4.06. The van der Waals surface area contributed by atoms with Crippen molar-refractivity contribution in [1.29, 1.82) is 0 Å². The van der Waals surface area contributed by atoms with Gasteiger partial charge < -0.3 is 13.8 Å². The van der Waals surface area contributed by atoms with Gasteiger partial charge in [-0.15, -0.1) is 5.10 Å². The minimum absolute atomic E-state index is 0.208. The van der Waals surface area contributed by atoms with Crippen molar-refractivity contribution in [3.8, 4) is 22.9 Å². The number of anilines is 2. The van der Waals surface area contributed by atoms with Crippen LogP contribution in [0.15, 0.2) is 35.4 Å². The SMILES string of the molecule is COCc1noc(Nc2nc(-c3nccn3C)nn3cc(-c4ccn(C(C)C)n4)c(C)c23)n1. The molecule has 5 rings (SSSR count). The number of fused-ring (bicyclic) bond motifs is 1. The van der Waals surface area contributed by atoms with Gasteiger partial charge in [-0.05, 0) is 32.4 Å². The van der Waals surface area contributed by atoms with E-state index in [9.17, 15) is 0 Å². The number of ether oxygens (including phenoxy) is 1. The highest BCUT2D eigenvalue weighted by atomic mass is 16.5. The first-order chi connectivity index (χ1) is 15.9. The fraction of sp³-hybridized carbons (Fsp3) is 0.333. The lowest BCUT2D eigenvalue weighted by atomic mass is 10.1. The van der Waals surface area contributed by atoms with E-state index in [-0.39, 0.29) is 18.7 Å². The summed E-state index contributed by atoms with van der Waals surface area (Å²) in [6.07, 6.45) is 7.47. The van der Waals surface area contributed by atoms with Crippen molar-refractivity contribution in [3.05, 3.63) is 42.2 Å². The maximum atomic E-state index is 5.33. The van der Waals surface area contributed by atoms with Gasteiger partial charge in [0.05, 0.1) is 5.69 Å². The second-order valence-electron chi connectivity index (χ2n) is 7.96. The van der Waals surface area contributed by atoms with Crippen LogP contribution in [0, 0.1) is 6.92 Å². The Bertz CT molecular complexity index is 1420. The molecule has 12 nitrogen and oxygen atoms in total. The first kappa shape index (κ1) is 20.8. The summed E-state index contributed by atoms with van der Waals surface area (Å²) in [6, 6.07) is 2.47. The van der Waals surface area contributed by atoms with Crippen LogP contribution in [0.4, 0.5) is 11.8 Å². The minimum Gasteiger partial charge on any atom is -0.377 e. The molecular weight excluding hydrogens is 424 g/mol. The van der Waals surface area contributed by atoms with Gasteiger partial charge in [0.15, 0.2) is 17.5 Å². The molecule has 0 spiro atoms. The Kier molecular flexibility index (Phi) is 5.13. The van der Waals surface area contributed by atoms with Crippen LogP contribution in [0.2, 0.25) is 0 Å². The highest BCUT2D eigenvalue weighted by Crippen LogP contribution is 2.32. The van der Waals surface area contributed by atoms with E-state index in [1.54, 1.807) is 17.8 Å². The zero-order chi connectivity index (χ0) is 23.1. The van der Waals surface area contributed by atoms with E-state index < -0.39 is 0 Å². The first-order valence-electron chi connectivity index (χ1n) is 10.5. The summed E-state index contributed by atoms with van der Waals surface area (Å²) >= 11 is 0. The lowest BCUT2D eigenvalue weighted by molar-refractivity contribution is 0.174. The molecule has 0 radical (unpaired) electrons.